The molecule has 0 aliphatic heterocycles. The smallest absolute Gasteiger partial charge is 0.0572 e. The van der Waals surface area contributed by atoms with Crippen molar-refractivity contribution in [3.05, 3.63) is 35.4 Å². The summed E-state index contributed by atoms with van der Waals surface area (Å²) < 4.78 is 0. The molecule has 14 heavy (non-hydrogen) atoms. The minimum Gasteiger partial charge on any atom is -0.305 e. The molecule has 1 aromatic rings. The maximum Gasteiger partial charge on any atom is 0.0572 e. The Morgan fingerprint density at radius 1 is 1.29 bits per heavy atom. The Hall–Kier alpha value is -0.860. The fourth-order valence-corrected chi connectivity index (χ4v) is 1.51. The molecule has 0 amide bonds. The van der Waals surface area contributed by atoms with Gasteiger partial charge in [-0.15, -0.1) is 0 Å². The maximum atomic E-state index is 4.89. The van der Waals surface area contributed by atoms with Gasteiger partial charge in [0, 0.05) is 0 Å². The molecule has 0 aliphatic rings. The van der Waals surface area contributed by atoms with E-state index in [1.165, 1.54) is 17.5 Å². The van der Waals surface area contributed by atoms with Crippen LogP contribution in [0, 0.1) is 0 Å². The third kappa shape index (κ3) is 3.13. The van der Waals surface area contributed by atoms with Crippen molar-refractivity contribution in [3.8, 4) is 0 Å². The van der Waals surface area contributed by atoms with Crippen molar-refractivity contribution >= 4 is 0 Å². The third-order valence-corrected chi connectivity index (χ3v) is 2.31. The first-order valence-corrected chi connectivity index (χ1v) is 5.15. The summed E-state index contributed by atoms with van der Waals surface area (Å²) >= 11 is 0. The average Bonchev–Trinajstić information content (AvgIpc) is 2.20. The molecule has 1 unspecified atom stereocenters. The Bertz CT molecular complexity index is 256. The lowest BCUT2D eigenvalue weighted by atomic mass is 10.0. The highest BCUT2D eigenvalue weighted by Crippen LogP contribution is 2.13. The van der Waals surface area contributed by atoms with Crippen LogP contribution in [0.25, 0.3) is 0 Å². The predicted octanol–water partition coefficient (Wildman–Crippen LogP) is 2.85. The molecule has 2 heteroatoms. The van der Waals surface area contributed by atoms with Gasteiger partial charge in [0.1, 0.15) is 0 Å². The number of aryl methyl sites for hydroxylation is 1. The zero-order valence-corrected chi connectivity index (χ0v) is 9.21. The van der Waals surface area contributed by atoms with Crippen molar-refractivity contribution in [3.63, 3.8) is 0 Å². The monoisotopic (exact) mass is 193 g/mol. The molecule has 0 heterocycles. The highest BCUT2D eigenvalue weighted by atomic mass is 16.6. The lowest BCUT2D eigenvalue weighted by molar-refractivity contribution is 0.0659. The molecular weight excluding hydrogens is 174 g/mol. The van der Waals surface area contributed by atoms with Crippen LogP contribution in [0.5, 0.6) is 0 Å². The Labute approximate surface area is 86.2 Å². The molecule has 1 atom stereocenters. The molecule has 0 aromatic heterocycles. The van der Waals surface area contributed by atoms with Crippen molar-refractivity contribution in [2.75, 3.05) is 7.11 Å². The van der Waals surface area contributed by atoms with Gasteiger partial charge in [-0.2, -0.15) is 5.48 Å². The largest absolute Gasteiger partial charge is 0.305 e. The number of nitrogens with one attached hydrogen (secondary N) is 1. The number of rotatable bonds is 5. The van der Waals surface area contributed by atoms with Crippen LogP contribution in [-0.2, 0) is 11.3 Å². The third-order valence-electron chi connectivity index (χ3n) is 2.31. The molecule has 0 aliphatic carbocycles. The van der Waals surface area contributed by atoms with Crippen molar-refractivity contribution in [1.82, 2.24) is 5.48 Å². The van der Waals surface area contributed by atoms with E-state index in [0.29, 0.717) is 0 Å². The van der Waals surface area contributed by atoms with Crippen LogP contribution in [0.2, 0.25) is 0 Å². The topological polar surface area (TPSA) is 21.3 Å². The lowest BCUT2D eigenvalue weighted by Gasteiger charge is -2.12. The fourth-order valence-electron chi connectivity index (χ4n) is 1.51. The van der Waals surface area contributed by atoms with Crippen LogP contribution in [0.4, 0.5) is 0 Å². The van der Waals surface area contributed by atoms with E-state index in [4.69, 9.17) is 4.84 Å². The van der Waals surface area contributed by atoms with Crippen LogP contribution >= 0.6 is 0 Å². The highest BCUT2D eigenvalue weighted by Gasteiger charge is 2.03. The van der Waals surface area contributed by atoms with Crippen molar-refractivity contribution in [2.45, 2.75) is 32.7 Å². The zero-order chi connectivity index (χ0) is 10.4. The molecule has 0 spiro atoms. The van der Waals surface area contributed by atoms with Gasteiger partial charge < -0.3 is 4.84 Å². The van der Waals surface area contributed by atoms with Gasteiger partial charge in [0.25, 0.3) is 0 Å². The minimum atomic E-state index is 0.246. The zero-order valence-electron chi connectivity index (χ0n) is 9.21. The Morgan fingerprint density at radius 2 is 1.93 bits per heavy atom. The van der Waals surface area contributed by atoms with Gasteiger partial charge >= 0.3 is 0 Å². The molecule has 0 fully saturated rings. The molecule has 0 bridgehead atoms. The summed E-state index contributed by atoms with van der Waals surface area (Å²) in [6.45, 7) is 4.28. The van der Waals surface area contributed by atoms with Gasteiger partial charge in [0.15, 0.2) is 0 Å². The summed E-state index contributed by atoms with van der Waals surface area (Å²) in [6.07, 6.45) is 2.36. The lowest BCUT2D eigenvalue weighted by Crippen LogP contribution is -2.16. The SMILES string of the molecule is CCCc1ccc(C(C)NOC)cc1. The molecule has 78 valence electrons. The second-order valence-electron chi connectivity index (χ2n) is 3.54. The first kappa shape index (κ1) is 11.2. The van der Waals surface area contributed by atoms with Crippen LogP contribution in [0.1, 0.15) is 37.4 Å². The molecule has 0 saturated heterocycles. The molecule has 1 aromatic carbocycles. The minimum absolute atomic E-state index is 0.246. The van der Waals surface area contributed by atoms with Crippen molar-refractivity contribution in [2.24, 2.45) is 0 Å². The Balaban J connectivity index is 2.62. The molecular formula is C12H19NO. The number of hydroxylamine groups is 1. The summed E-state index contributed by atoms with van der Waals surface area (Å²) in [6, 6.07) is 8.93. The summed E-state index contributed by atoms with van der Waals surface area (Å²) in [4.78, 5) is 4.89. The predicted molar refractivity (Wildman–Crippen MR) is 59.0 cm³/mol. The molecule has 1 rings (SSSR count). The number of benzene rings is 1. The molecule has 0 saturated carbocycles. The van der Waals surface area contributed by atoms with E-state index in [9.17, 15) is 0 Å². The summed E-state index contributed by atoms with van der Waals surface area (Å²) in [5, 5.41) is 0. The van der Waals surface area contributed by atoms with Crippen LogP contribution in [0.3, 0.4) is 0 Å². The number of hydrogen-bond acceptors (Lipinski definition) is 2. The first-order valence-electron chi connectivity index (χ1n) is 5.15. The van der Waals surface area contributed by atoms with Crippen molar-refractivity contribution in [1.29, 1.82) is 0 Å². The maximum absolute atomic E-state index is 4.89. The van der Waals surface area contributed by atoms with E-state index in [1.54, 1.807) is 7.11 Å². The first-order chi connectivity index (χ1) is 6.77. The van der Waals surface area contributed by atoms with Crippen LogP contribution < -0.4 is 5.48 Å². The fraction of sp³-hybridized carbons (Fsp3) is 0.500. The van der Waals surface area contributed by atoms with Crippen molar-refractivity contribution < 1.29 is 4.84 Å². The Kier molecular flexibility index (Phi) is 4.63. The van der Waals surface area contributed by atoms with Gasteiger partial charge in [0.2, 0.25) is 0 Å². The molecule has 0 radical (unpaired) electrons. The molecule has 1 N–H and O–H groups in total. The standard InChI is InChI=1S/C12H19NO/c1-4-5-11-6-8-12(9-7-11)10(2)13-14-3/h6-10,13H,4-5H2,1-3H3. The highest BCUT2D eigenvalue weighted by molar-refractivity contribution is 5.24. The van der Waals surface area contributed by atoms with E-state index in [0.717, 1.165) is 6.42 Å². The van der Waals surface area contributed by atoms with Crippen LogP contribution in [-0.4, -0.2) is 7.11 Å². The average molecular weight is 193 g/mol. The van der Waals surface area contributed by atoms with E-state index >= 15 is 0 Å². The van der Waals surface area contributed by atoms with Gasteiger partial charge in [-0.1, -0.05) is 37.6 Å². The summed E-state index contributed by atoms with van der Waals surface area (Å²) in [5.41, 5.74) is 5.57. The van der Waals surface area contributed by atoms with Crippen LogP contribution in [0.15, 0.2) is 24.3 Å². The van der Waals surface area contributed by atoms with E-state index in [2.05, 4.69) is 43.6 Å². The van der Waals surface area contributed by atoms with Gasteiger partial charge in [-0.25, -0.2) is 0 Å². The van der Waals surface area contributed by atoms with Gasteiger partial charge in [-0.3, -0.25) is 0 Å². The quantitative estimate of drug-likeness (QED) is 0.726. The second-order valence-corrected chi connectivity index (χ2v) is 3.54. The summed E-state index contributed by atoms with van der Waals surface area (Å²) in [7, 11) is 1.64. The van der Waals surface area contributed by atoms with E-state index < -0.39 is 0 Å². The van der Waals surface area contributed by atoms with Gasteiger partial charge in [0.05, 0.1) is 13.2 Å². The van der Waals surface area contributed by atoms with Gasteiger partial charge in [-0.05, 0) is 24.5 Å². The van der Waals surface area contributed by atoms with E-state index in [1.807, 2.05) is 0 Å². The van der Waals surface area contributed by atoms with E-state index in [-0.39, 0.29) is 6.04 Å². The number of hydrogen-bond donors (Lipinski definition) is 1. The summed E-state index contributed by atoms with van der Waals surface area (Å²) in [5.74, 6) is 0. The normalized spacial score (nSPS) is 12.8. The Morgan fingerprint density at radius 3 is 2.43 bits per heavy atom. The molecule has 2 nitrogen and oxygen atoms in total. The second kappa shape index (κ2) is 5.78.